The summed E-state index contributed by atoms with van der Waals surface area (Å²) < 4.78 is 33.4. The summed E-state index contributed by atoms with van der Waals surface area (Å²) in [6.07, 6.45) is 4.45. The molecule has 3 aromatic rings. The lowest BCUT2D eigenvalue weighted by Gasteiger charge is -2.21. The fourth-order valence-electron chi connectivity index (χ4n) is 3.86. The lowest BCUT2D eigenvalue weighted by Crippen LogP contribution is -2.35. The van der Waals surface area contributed by atoms with E-state index in [1.165, 1.54) is 0 Å². The Labute approximate surface area is 162 Å². The number of hydrogen-bond donors (Lipinski definition) is 2. The van der Waals surface area contributed by atoms with Crippen molar-refractivity contribution in [2.75, 3.05) is 13.2 Å². The smallest absolute Gasteiger partial charge is 0.242 e. The van der Waals surface area contributed by atoms with Gasteiger partial charge < -0.3 is 9.72 Å². The van der Waals surface area contributed by atoms with E-state index in [9.17, 15) is 13.7 Å². The topological polar surface area (TPSA) is 121 Å². The van der Waals surface area contributed by atoms with Crippen molar-refractivity contribution in [3.63, 3.8) is 0 Å². The van der Waals surface area contributed by atoms with Crippen LogP contribution < -0.4 is 4.72 Å². The van der Waals surface area contributed by atoms with E-state index < -0.39 is 15.6 Å². The third-order valence-corrected chi connectivity index (χ3v) is 7.14. The molecule has 28 heavy (non-hydrogen) atoms. The average molecular weight is 397 g/mol. The summed E-state index contributed by atoms with van der Waals surface area (Å²) in [5, 5.41) is 11.0. The molecule has 2 aromatic heterocycles. The number of fused-ring (bicyclic) bond motifs is 3. The number of nitrogens with zero attached hydrogens (tertiary/aromatic N) is 3. The number of sulfonamides is 1. The Morgan fingerprint density at radius 1 is 1.25 bits per heavy atom. The zero-order chi connectivity index (χ0) is 19.4. The first kappa shape index (κ1) is 17.6. The van der Waals surface area contributed by atoms with Gasteiger partial charge in [0.15, 0.2) is 0 Å². The van der Waals surface area contributed by atoms with Crippen molar-refractivity contribution in [3.8, 4) is 6.07 Å². The second-order valence-electron chi connectivity index (χ2n) is 7.50. The summed E-state index contributed by atoms with van der Waals surface area (Å²) in [6, 6.07) is 7.02. The minimum Gasteiger partial charge on any atom is -0.381 e. The second-order valence-corrected chi connectivity index (χ2v) is 9.18. The number of aromatic amines is 1. The first-order valence-electron chi connectivity index (χ1n) is 9.31. The van der Waals surface area contributed by atoms with Crippen LogP contribution in [0.2, 0.25) is 0 Å². The van der Waals surface area contributed by atoms with Crippen molar-refractivity contribution in [2.45, 2.75) is 42.0 Å². The van der Waals surface area contributed by atoms with Crippen molar-refractivity contribution in [1.29, 1.82) is 5.26 Å². The van der Waals surface area contributed by atoms with E-state index in [0.29, 0.717) is 43.1 Å². The first-order valence-corrected chi connectivity index (χ1v) is 10.8. The number of aromatic nitrogens is 3. The summed E-state index contributed by atoms with van der Waals surface area (Å²) in [6.45, 7) is 1.43. The van der Waals surface area contributed by atoms with Crippen molar-refractivity contribution in [3.05, 3.63) is 30.2 Å². The fourth-order valence-corrected chi connectivity index (χ4v) is 5.26. The van der Waals surface area contributed by atoms with Crippen LogP contribution in [-0.2, 0) is 14.8 Å². The van der Waals surface area contributed by atoms with Crippen LogP contribution in [0.3, 0.4) is 0 Å². The molecular formula is C19H19N5O3S. The van der Waals surface area contributed by atoms with E-state index >= 15 is 0 Å². The molecule has 1 aliphatic heterocycles. The molecule has 1 aromatic carbocycles. The van der Waals surface area contributed by atoms with Crippen LogP contribution in [0.5, 0.6) is 0 Å². The molecule has 2 N–H and O–H groups in total. The van der Waals surface area contributed by atoms with Gasteiger partial charge in [0.1, 0.15) is 17.5 Å². The maximum Gasteiger partial charge on any atom is 0.242 e. The highest BCUT2D eigenvalue weighted by Gasteiger charge is 2.46. The van der Waals surface area contributed by atoms with Crippen molar-refractivity contribution in [1.82, 2.24) is 19.7 Å². The second kappa shape index (κ2) is 6.24. The van der Waals surface area contributed by atoms with Gasteiger partial charge in [-0.2, -0.15) is 9.98 Å². The molecule has 5 rings (SSSR count). The Kier molecular flexibility index (Phi) is 3.91. The molecule has 2 fully saturated rings. The molecule has 0 amide bonds. The largest absolute Gasteiger partial charge is 0.381 e. The van der Waals surface area contributed by atoms with Gasteiger partial charge in [0.2, 0.25) is 10.0 Å². The Hall–Kier alpha value is -2.54. The Balaban J connectivity index is 1.60. The maximum atomic E-state index is 12.7. The lowest BCUT2D eigenvalue weighted by atomic mass is 9.93. The molecule has 0 unspecified atom stereocenters. The minimum absolute atomic E-state index is 0.133. The van der Waals surface area contributed by atoms with E-state index in [-0.39, 0.29) is 4.90 Å². The van der Waals surface area contributed by atoms with Gasteiger partial charge in [-0.1, -0.05) is 6.07 Å². The van der Waals surface area contributed by atoms with Crippen LogP contribution in [0, 0.1) is 11.3 Å². The quantitative estimate of drug-likeness (QED) is 0.697. The highest BCUT2D eigenvalue weighted by atomic mass is 32.2. The van der Waals surface area contributed by atoms with Gasteiger partial charge in [-0.15, -0.1) is 0 Å². The Morgan fingerprint density at radius 2 is 2.04 bits per heavy atom. The zero-order valence-electron chi connectivity index (χ0n) is 15.1. The number of nitrogens with one attached hydrogen (secondary N) is 2. The fraction of sp³-hybridized carbons (Fsp3) is 0.421. The number of nitriles is 1. The van der Waals surface area contributed by atoms with E-state index in [0.717, 1.165) is 29.3 Å². The molecule has 0 bridgehead atoms. The standard InChI is InChI=1S/C19H19N5O3S/c20-10-19(5-6-19)24-28(25,26)13-1-2-14-15(9-13)23-18-16(14)17(21-11-22-18)12-3-7-27-8-4-12/h1-2,9,11-12,24H,3-8H2,(H,21,22,23). The summed E-state index contributed by atoms with van der Waals surface area (Å²) in [7, 11) is -3.77. The molecule has 0 spiro atoms. The van der Waals surface area contributed by atoms with Crippen LogP contribution in [0.1, 0.15) is 37.3 Å². The predicted octanol–water partition coefficient (Wildman–Crippen LogP) is 2.34. The molecule has 1 saturated carbocycles. The van der Waals surface area contributed by atoms with Gasteiger partial charge in [-0.05, 0) is 37.8 Å². The van der Waals surface area contributed by atoms with E-state index in [1.807, 2.05) is 0 Å². The molecule has 8 nitrogen and oxygen atoms in total. The Morgan fingerprint density at radius 3 is 2.75 bits per heavy atom. The van der Waals surface area contributed by atoms with Gasteiger partial charge in [-0.3, -0.25) is 0 Å². The number of benzene rings is 1. The van der Waals surface area contributed by atoms with Crippen LogP contribution in [0.15, 0.2) is 29.4 Å². The van der Waals surface area contributed by atoms with Crippen LogP contribution >= 0.6 is 0 Å². The summed E-state index contributed by atoms with van der Waals surface area (Å²) in [5.41, 5.74) is 1.42. The monoisotopic (exact) mass is 397 g/mol. The molecule has 1 aliphatic carbocycles. The molecule has 3 heterocycles. The van der Waals surface area contributed by atoms with Crippen molar-refractivity contribution < 1.29 is 13.2 Å². The highest BCUT2D eigenvalue weighted by molar-refractivity contribution is 7.89. The molecular weight excluding hydrogens is 378 g/mol. The normalized spacial score (nSPS) is 19.7. The van der Waals surface area contributed by atoms with Crippen LogP contribution in [-0.4, -0.2) is 42.1 Å². The van der Waals surface area contributed by atoms with Gasteiger partial charge in [0, 0.05) is 35.4 Å². The van der Waals surface area contributed by atoms with Crippen molar-refractivity contribution >= 4 is 32.0 Å². The first-order chi connectivity index (χ1) is 13.5. The summed E-state index contributed by atoms with van der Waals surface area (Å²) in [5.74, 6) is 0.300. The minimum atomic E-state index is -3.77. The molecule has 2 aliphatic rings. The van der Waals surface area contributed by atoms with Gasteiger partial charge in [-0.25, -0.2) is 18.4 Å². The van der Waals surface area contributed by atoms with Gasteiger partial charge in [0.25, 0.3) is 0 Å². The number of rotatable bonds is 4. The zero-order valence-corrected chi connectivity index (χ0v) is 15.9. The van der Waals surface area contributed by atoms with Crippen molar-refractivity contribution in [2.24, 2.45) is 0 Å². The molecule has 144 valence electrons. The van der Waals surface area contributed by atoms with Crippen LogP contribution in [0.25, 0.3) is 21.9 Å². The predicted molar refractivity (Wildman–Crippen MR) is 102 cm³/mol. The molecule has 0 radical (unpaired) electrons. The number of ether oxygens (including phenoxy) is 1. The number of H-pyrrole nitrogens is 1. The molecule has 1 saturated heterocycles. The SMILES string of the molecule is N#CC1(NS(=O)(=O)c2ccc3c(c2)[nH]c2ncnc(C4CCOCC4)c23)CC1. The number of hydrogen-bond acceptors (Lipinski definition) is 6. The van der Waals surface area contributed by atoms with Gasteiger partial charge in [0.05, 0.1) is 16.7 Å². The van der Waals surface area contributed by atoms with E-state index in [2.05, 4.69) is 25.7 Å². The summed E-state index contributed by atoms with van der Waals surface area (Å²) >= 11 is 0. The highest BCUT2D eigenvalue weighted by Crippen LogP contribution is 2.37. The molecule has 0 atom stereocenters. The summed E-state index contributed by atoms with van der Waals surface area (Å²) in [4.78, 5) is 12.2. The van der Waals surface area contributed by atoms with E-state index in [4.69, 9.17) is 4.74 Å². The van der Waals surface area contributed by atoms with Crippen LogP contribution in [0.4, 0.5) is 0 Å². The van der Waals surface area contributed by atoms with E-state index in [1.54, 1.807) is 24.5 Å². The molecule has 9 heteroatoms. The third kappa shape index (κ3) is 2.85. The Bertz CT molecular complexity index is 1220. The lowest BCUT2D eigenvalue weighted by molar-refractivity contribution is 0.0848. The van der Waals surface area contributed by atoms with Gasteiger partial charge >= 0.3 is 0 Å². The third-order valence-electron chi connectivity index (χ3n) is 5.60. The maximum absolute atomic E-state index is 12.7. The average Bonchev–Trinajstić information content (AvgIpc) is 3.37.